The normalized spacial score (nSPS) is 12.7. The van der Waals surface area contributed by atoms with Gasteiger partial charge in [-0.2, -0.15) is 31.8 Å². The lowest BCUT2D eigenvalue weighted by Crippen LogP contribution is -2.10. The lowest BCUT2D eigenvalue weighted by molar-refractivity contribution is 0.479. The van der Waals surface area contributed by atoms with E-state index in [4.69, 9.17) is 10.3 Å². The SMILES string of the molecule is Nc1nc(Nc2cccc(NS(=O)O)c2)nc(Nc2cc(S(=O)(=O)O)ccc2S(=O)(=O)O)n1. The Morgan fingerprint density at radius 2 is 1.48 bits per heavy atom. The van der Waals surface area contributed by atoms with E-state index in [0.717, 1.165) is 18.2 Å². The predicted molar refractivity (Wildman–Crippen MR) is 118 cm³/mol. The van der Waals surface area contributed by atoms with Crippen LogP contribution in [0, 0.1) is 0 Å². The van der Waals surface area contributed by atoms with Gasteiger partial charge in [-0.25, -0.2) is 4.21 Å². The average Bonchev–Trinajstić information content (AvgIpc) is 2.65. The summed E-state index contributed by atoms with van der Waals surface area (Å²) in [6.45, 7) is 0. The number of nitrogen functional groups attached to an aromatic ring is 1. The van der Waals surface area contributed by atoms with Gasteiger partial charge in [0.15, 0.2) is 0 Å². The van der Waals surface area contributed by atoms with Crippen molar-refractivity contribution in [3.63, 3.8) is 0 Å². The van der Waals surface area contributed by atoms with Crippen LogP contribution in [-0.2, 0) is 31.5 Å². The summed E-state index contributed by atoms with van der Waals surface area (Å²) < 4.78 is 86.9. The van der Waals surface area contributed by atoms with E-state index in [0.29, 0.717) is 11.4 Å². The van der Waals surface area contributed by atoms with E-state index >= 15 is 0 Å². The van der Waals surface area contributed by atoms with Crippen LogP contribution in [0.1, 0.15) is 0 Å². The highest BCUT2D eigenvalue weighted by molar-refractivity contribution is 7.86. The highest BCUT2D eigenvalue weighted by Gasteiger charge is 2.21. The standard InChI is InChI=1S/C15H15N7O8S3/c16-13-19-14(17-8-2-1-3-9(6-8)22-31(23)24)21-15(20-13)18-11-7-10(32(25,26)27)4-5-12(11)33(28,29)30/h1-7,22H,(H,23,24)(H,25,26,27)(H,28,29,30)(H4,16,17,18,19,20,21). The summed E-state index contributed by atoms with van der Waals surface area (Å²) in [6.07, 6.45) is 0. The molecule has 176 valence electrons. The molecule has 0 radical (unpaired) electrons. The Morgan fingerprint density at radius 1 is 0.848 bits per heavy atom. The molecular weight excluding hydrogens is 502 g/mol. The second-order valence-corrected chi connectivity index (χ2v) is 9.64. The van der Waals surface area contributed by atoms with Gasteiger partial charge in [-0.05, 0) is 36.4 Å². The molecule has 0 bridgehead atoms. The van der Waals surface area contributed by atoms with Crippen molar-refractivity contribution in [1.29, 1.82) is 0 Å². The van der Waals surface area contributed by atoms with E-state index in [1.807, 2.05) is 0 Å². The Kier molecular flexibility index (Phi) is 6.76. The maximum Gasteiger partial charge on any atom is 0.296 e. The van der Waals surface area contributed by atoms with Crippen LogP contribution in [0.5, 0.6) is 0 Å². The first kappa shape index (κ1) is 24.2. The molecule has 15 nitrogen and oxygen atoms in total. The second kappa shape index (κ2) is 9.21. The molecule has 0 spiro atoms. The molecule has 33 heavy (non-hydrogen) atoms. The fourth-order valence-corrected chi connectivity index (χ4v) is 3.97. The number of hydrogen-bond donors (Lipinski definition) is 7. The number of nitrogens with two attached hydrogens (primary N) is 1. The smallest absolute Gasteiger partial charge is 0.296 e. The van der Waals surface area contributed by atoms with E-state index in [1.165, 1.54) is 12.1 Å². The zero-order chi connectivity index (χ0) is 24.4. The molecule has 0 aliphatic carbocycles. The number of anilines is 6. The summed E-state index contributed by atoms with van der Waals surface area (Å²) in [7, 11) is -9.51. The van der Waals surface area contributed by atoms with Gasteiger partial charge in [0.05, 0.1) is 16.3 Å². The zero-order valence-corrected chi connectivity index (χ0v) is 18.5. The van der Waals surface area contributed by atoms with Crippen LogP contribution >= 0.6 is 0 Å². The van der Waals surface area contributed by atoms with Crippen molar-refractivity contribution in [2.24, 2.45) is 0 Å². The summed E-state index contributed by atoms with van der Waals surface area (Å²) in [6, 6.07) is 8.38. The Labute approximate surface area is 189 Å². The van der Waals surface area contributed by atoms with Crippen molar-refractivity contribution in [3.8, 4) is 0 Å². The van der Waals surface area contributed by atoms with Crippen LogP contribution in [0.25, 0.3) is 0 Å². The lowest BCUT2D eigenvalue weighted by atomic mass is 10.3. The minimum atomic E-state index is -4.81. The van der Waals surface area contributed by atoms with Crippen molar-refractivity contribution >= 4 is 66.4 Å². The maximum atomic E-state index is 11.7. The van der Waals surface area contributed by atoms with Crippen LogP contribution < -0.4 is 21.1 Å². The fourth-order valence-electron chi connectivity index (χ4n) is 2.51. The molecule has 0 fully saturated rings. The van der Waals surface area contributed by atoms with Crippen molar-refractivity contribution in [3.05, 3.63) is 42.5 Å². The third-order valence-corrected chi connectivity index (χ3v) is 5.92. The second-order valence-electron chi connectivity index (χ2n) is 6.13. The summed E-state index contributed by atoms with van der Waals surface area (Å²) in [5.74, 6) is -0.792. The molecule has 1 atom stereocenters. The molecule has 1 aromatic heterocycles. The molecule has 3 rings (SSSR count). The van der Waals surface area contributed by atoms with E-state index in [9.17, 15) is 30.1 Å². The van der Waals surface area contributed by atoms with E-state index in [-0.39, 0.29) is 17.8 Å². The van der Waals surface area contributed by atoms with Crippen LogP contribution in [0.3, 0.4) is 0 Å². The molecule has 0 saturated heterocycles. The molecule has 1 heterocycles. The van der Waals surface area contributed by atoms with Crippen LogP contribution in [0.15, 0.2) is 52.3 Å². The number of nitrogens with one attached hydrogen (secondary N) is 3. The van der Waals surface area contributed by atoms with E-state index in [1.54, 1.807) is 12.1 Å². The highest BCUT2D eigenvalue weighted by Crippen LogP contribution is 2.28. The molecule has 0 amide bonds. The van der Waals surface area contributed by atoms with E-state index in [2.05, 4.69) is 30.3 Å². The van der Waals surface area contributed by atoms with Crippen LogP contribution in [-0.4, -0.2) is 49.7 Å². The largest absolute Gasteiger partial charge is 0.368 e. The molecule has 18 heteroatoms. The van der Waals surface area contributed by atoms with Gasteiger partial charge < -0.3 is 16.4 Å². The van der Waals surface area contributed by atoms with Gasteiger partial charge in [0.25, 0.3) is 31.5 Å². The quantitative estimate of drug-likeness (QED) is 0.163. The minimum Gasteiger partial charge on any atom is -0.368 e. The van der Waals surface area contributed by atoms with Crippen LogP contribution in [0.4, 0.5) is 34.9 Å². The lowest BCUT2D eigenvalue weighted by Gasteiger charge is -2.12. The van der Waals surface area contributed by atoms with Gasteiger partial charge >= 0.3 is 0 Å². The monoisotopic (exact) mass is 517 g/mol. The average molecular weight is 518 g/mol. The Hall–Kier alpha value is -3.42. The molecule has 0 aliphatic heterocycles. The summed E-state index contributed by atoms with van der Waals surface area (Å²) in [4.78, 5) is 10.2. The van der Waals surface area contributed by atoms with Gasteiger partial charge in [0.2, 0.25) is 17.8 Å². The van der Waals surface area contributed by atoms with Crippen LogP contribution in [0.2, 0.25) is 0 Å². The molecular formula is C15H15N7O8S3. The van der Waals surface area contributed by atoms with Gasteiger partial charge in [-0.1, -0.05) is 6.07 Å². The number of nitrogens with zero attached hydrogens (tertiary/aromatic N) is 3. The number of aromatic nitrogens is 3. The fraction of sp³-hybridized carbons (Fsp3) is 0. The minimum absolute atomic E-state index is 0.133. The zero-order valence-electron chi connectivity index (χ0n) is 16.1. The van der Waals surface area contributed by atoms with Gasteiger partial charge in [-0.3, -0.25) is 18.4 Å². The predicted octanol–water partition coefficient (Wildman–Crippen LogP) is 0.983. The molecule has 8 N–H and O–H groups in total. The Morgan fingerprint density at radius 3 is 2.09 bits per heavy atom. The number of hydrogen-bond acceptors (Lipinski definition) is 11. The first-order valence-corrected chi connectivity index (χ1v) is 12.4. The number of rotatable bonds is 8. The van der Waals surface area contributed by atoms with Gasteiger partial charge in [-0.15, -0.1) is 0 Å². The van der Waals surface area contributed by atoms with Crippen molar-refractivity contribution in [2.75, 3.05) is 21.1 Å². The number of benzene rings is 2. The molecule has 3 aromatic rings. The van der Waals surface area contributed by atoms with E-state index < -0.39 is 47.0 Å². The van der Waals surface area contributed by atoms with Gasteiger partial charge in [0.1, 0.15) is 4.90 Å². The van der Waals surface area contributed by atoms with Crippen molar-refractivity contribution in [2.45, 2.75) is 9.79 Å². The molecule has 2 aromatic carbocycles. The Bertz CT molecular complexity index is 1450. The molecule has 0 saturated carbocycles. The first-order chi connectivity index (χ1) is 15.3. The third-order valence-electron chi connectivity index (χ3n) is 3.75. The molecule has 0 aliphatic rings. The summed E-state index contributed by atoms with van der Waals surface area (Å²) >= 11 is -2.30. The first-order valence-electron chi connectivity index (χ1n) is 8.43. The van der Waals surface area contributed by atoms with Crippen molar-refractivity contribution < 1.29 is 34.7 Å². The maximum absolute atomic E-state index is 11.7. The topological polar surface area (TPSA) is 247 Å². The Balaban J connectivity index is 1.97. The third kappa shape index (κ3) is 6.54. The highest BCUT2D eigenvalue weighted by atomic mass is 32.2. The summed E-state index contributed by atoms with van der Waals surface area (Å²) in [5.41, 5.74) is 5.84. The van der Waals surface area contributed by atoms with Crippen molar-refractivity contribution in [1.82, 2.24) is 15.0 Å². The summed E-state index contributed by atoms with van der Waals surface area (Å²) in [5, 5.41) is 5.17. The molecule has 1 unspecified atom stereocenters. The van der Waals surface area contributed by atoms with Gasteiger partial charge in [0, 0.05) is 5.69 Å².